The Morgan fingerprint density at radius 3 is 2.32 bits per heavy atom. The van der Waals surface area contributed by atoms with E-state index in [9.17, 15) is 13.2 Å². The highest BCUT2D eigenvalue weighted by Gasteiger charge is 2.27. The number of sulfonamides is 1. The highest BCUT2D eigenvalue weighted by atomic mass is 35.5. The third kappa shape index (κ3) is 7.50. The van der Waals surface area contributed by atoms with Crippen LogP contribution in [0.4, 0.5) is 0 Å². The highest BCUT2D eigenvalue weighted by molar-refractivity contribution is 7.89. The molecule has 0 radical (unpaired) electrons. The summed E-state index contributed by atoms with van der Waals surface area (Å²) >= 11 is 5.61. The molecule has 0 aromatic heterocycles. The molecule has 0 aliphatic heterocycles. The number of hydrogen-bond donors (Lipinski definition) is 4. The minimum atomic E-state index is -3.97. The number of nitrogens with one attached hydrogen (secondary N) is 3. The zero-order valence-electron chi connectivity index (χ0n) is 17.4. The molecular formula is C21H28Cl2N4O3S. The average Bonchev–Trinajstić information content (AvgIpc) is 2.70. The van der Waals surface area contributed by atoms with E-state index in [4.69, 9.17) is 22.7 Å². The SMILES string of the molecule is CC(C)(c1ccccc1)c1cccc(S(=O)(=O)NC(CCCNC(=N)N)C(=O)Cl)c1.Cl. The van der Waals surface area contributed by atoms with Crippen LogP contribution in [0.1, 0.15) is 37.8 Å². The molecule has 1 atom stereocenters. The van der Waals surface area contributed by atoms with Crippen molar-refractivity contribution in [2.24, 2.45) is 5.73 Å². The van der Waals surface area contributed by atoms with Crippen LogP contribution in [0.25, 0.3) is 0 Å². The Hall–Kier alpha value is -2.13. The first-order valence-corrected chi connectivity index (χ1v) is 11.4. The molecule has 5 N–H and O–H groups in total. The minimum absolute atomic E-state index is 0. The van der Waals surface area contributed by atoms with E-state index in [1.807, 2.05) is 50.2 Å². The summed E-state index contributed by atoms with van der Waals surface area (Å²) in [5, 5.41) is 8.93. The van der Waals surface area contributed by atoms with E-state index in [0.717, 1.165) is 11.1 Å². The minimum Gasteiger partial charge on any atom is -0.370 e. The maximum absolute atomic E-state index is 12.9. The van der Waals surface area contributed by atoms with Gasteiger partial charge in [-0.1, -0.05) is 56.3 Å². The van der Waals surface area contributed by atoms with Crippen molar-refractivity contribution in [2.75, 3.05) is 6.54 Å². The van der Waals surface area contributed by atoms with Crippen LogP contribution in [0.5, 0.6) is 0 Å². The molecule has 0 aliphatic carbocycles. The first-order chi connectivity index (χ1) is 14.0. The normalized spacial score (nSPS) is 12.5. The Morgan fingerprint density at radius 1 is 1.13 bits per heavy atom. The lowest BCUT2D eigenvalue weighted by molar-refractivity contribution is -0.113. The van der Waals surface area contributed by atoms with Crippen LogP contribution in [-0.2, 0) is 20.2 Å². The van der Waals surface area contributed by atoms with E-state index in [-0.39, 0.29) is 29.7 Å². The van der Waals surface area contributed by atoms with Crippen LogP contribution in [0.15, 0.2) is 59.5 Å². The Labute approximate surface area is 194 Å². The predicted octanol–water partition coefficient (Wildman–Crippen LogP) is 3.11. The maximum atomic E-state index is 12.9. The zero-order valence-corrected chi connectivity index (χ0v) is 19.8. The first-order valence-electron chi connectivity index (χ1n) is 9.49. The van der Waals surface area contributed by atoms with Crippen molar-refractivity contribution in [3.8, 4) is 0 Å². The van der Waals surface area contributed by atoms with Gasteiger partial charge >= 0.3 is 0 Å². The Morgan fingerprint density at radius 2 is 1.74 bits per heavy atom. The molecule has 0 heterocycles. The lowest BCUT2D eigenvalue weighted by Gasteiger charge is -2.26. The quantitative estimate of drug-likeness (QED) is 0.177. The van der Waals surface area contributed by atoms with Crippen molar-refractivity contribution >= 4 is 45.2 Å². The van der Waals surface area contributed by atoms with E-state index < -0.39 is 26.7 Å². The van der Waals surface area contributed by atoms with Gasteiger partial charge in [-0.05, 0) is 47.7 Å². The highest BCUT2D eigenvalue weighted by Crippen LogP contribution is 2.32. The smallest absolute Gasteiger partial charge is 0.241 e. The van der Waals surface area contributed by atoms with Crippen molar-refractivity contribution < 1.29 is 13.2 Å². The summed E-state index contributed by atoms with van der Waals surface area (Å²) < 4.78 is 28.2. The van der Waals surface area contributed by atoms with E-state index >= 15 is 0 Å². The van der Waals surface area contributed by atoms with Gasteiger partial charge in [0.05, 0.1) is 10.9 Å². The zero-order chi connectivity index (χ0) is 22.4. The van der Waals surface area contributed by atoms with E-state index in [1.54, 1.807) is 12.1 Å². The molecule has 2 aromatic rings. The molecule has 1 unspecified atom stereocenters. The van der Waals surface area contributed by atoms with Crippen LogP contribution >= 0.6 is 24.0 Å². The van der Waals surface area contributed by atoms with Crippen LogP contribution in [0.2, 0.25) is 0 Å². The molecule has 0 saturated heterocycles. The summed E-state index contributed by atoms with van der Waals surface area (Å²) in [6.45, 7) is 4.38. The van der Waals surface area contributed by atoms with Gasteiger partial charge in [-0.15, -0.1) is 12.4 Å². The van der Waals surface area contributed by atoms with E-state index in [2.05, 4.69) is 10.0 Å². The molecule has 0 bridgehead atoms. The Kier molecular flexibility index (Phi) is 9.96. The van der Waals surface area contributed by atoms with Crippen LogP contribution in [0.3, 0.4) is 0 Å². The second-order valence-electron chi connectivity index (χ2n) is 7.48. The van der Waals surface area contributed by atoms with Crippen LogP contribution < -0.4 is 15.8 Å². The maximum Gasteiger partial charge on any atom is 0.241 e. The molecule has 31 heavy (non-hydrogen) atoms. The third-order valence-electron chi connectivity index (χ3n) is 4.92. The number of nitrogens with two attached hydrogens (primary N) is 1. The van der Waals surface area contributed by atoms with Gasteiger partial charge < -0.3 is 11.1 Å². The number of carbonyl (C=O) groups excluding carboxylic acids is 1. The summed E-state index contributed by atoms with van der Waals surface area (Å²) in [5.41, 5.74) is 6.68. The van der Waals surface area contributed by atoms with Crippen molar-refractivity contribution in [3.05, 3.63) is 65.7 Å². The molecule has 7 nitrogen and oxygen atoms in total. The summed E-state index contributed by atoms with van der Waals surface area (Å²) in [5.74, 6) is -0.192. The number of hydrogen-bond acceptors (Lipinski definition) is 4. The molecule has 10 heteroatoms. The number of halogens is 2. The van der Waals surface area contributed by atoms with Gasteiger partial charge in [0.25, 0.3) is 0 Å². The van der Waals surface area contributed by atoms with E-state index in [0.29, 0.717) is 13.0 Å². The largest absolute Gasteiger partial charge is 0.370 e. The molecule has 0 aliphatic rings. The predicted molar refractivity (Wildman–Crippen MR) is 126 cm³/mol. The fourth-order valence-corrected chi connectivity index (χ4v) is 4.58. The molecule has 2 aromatic carbocycles. The summed E-state index contributed by atoms with van der Waals surface area (Å²) in [6, 6.07) is 15.4. The summed E-state index contributed by atoms with van der Waals surface area (Å²) in [7, 11) is -3.97. The molecular weight excluding hydrogens is 459 g/mol. The summed E-state index contributed by atoms with van der Waals surface area (Å²) in [4.78, 5) is 11.8. The van der Waals surface area contributed by atoms with Crippen molar-refractivity contribution in [1.29, 1.82) is 5.41 Å². The second-order valence-corrected chi connectivity index (χ2v) is 9.57. The monoisotopic (exact) mass is 486 g/mol. The van der Waals surface area contributed by atoms with Gasteiger partial charge in [0.1, 0.15) is 0 Å². The number of guanidine groups is 1. The fraction of sp³-hybridized carbons (Fsp3) is 0.333. The first kappa shape index (κ1) is 26.9. The molecule has 0 amide bonds. The van der Waals surface area contributed by atoms with Gasteiger partial charge in [0.2, 0.25) is 15.3 Å². The van der Waals surface area contributed by atoms with Gasteiger partial charge in [-0.25, -0.2) is 8.42 Å². The summed E-state index contributed by atoms with van der Waals surface area (Å²) in [6.07, 6.45) is 0.587. The van der Waals surface area contributed by atoms with Crippen molar-refractivity contribution in [3.63, 3.8) is 0 Å². The Bertz CT molecular complexity index is 999. The molecule has 2 rings (SSSR count). The van der Waals surface area contributed by atoms with Crippen LogP contribution in [0, 0.1) is 5.41 Å². The Balaban J connectivity index is 0.00000480. The standard InChI is InChI=1S/C21H27ClN4O3S.ClH/c1-21(2,15-8-4-3-5-9-15)16-10-6-11-17(14-16)30(28,29)26-18(19(22)27)12-7-13-25-20(23)24;/h3-6,8-11,14,18,26H,7,12-13H2,1-2H3,(H4,23,24,25);1H. The van der Waals surface area contributed by atoms with Gasteiger partial charge in [0, 0.05) is 12.0 Å². The number of rotatable bonds is 10. The van der Waals surface area contributed by atoms with E-state index in [1.165, 1.54) is 6.07 Å². The third-order valence-corrected chi connectivity index (χ3v) is 6.65. The molecule has 0 saturated carbocycles. The number of benzene rings is 2. The second kappa shape index (κ2) is 11.5. The molecule has 170 valence electrons. The topological polar surface area (TPSA) is 125 Å². The number of carbonyl (C=O) groups is 1. The van der Waals surface area contributed by atoms with Crippen molar-refractivity contribution in [1.82, 2.24) is 10.0 Å². The molecule has 0 spiro atoms. The van der Waals surface area contributed by atoms with Crippen LogP contribution in [-0.4, -0.2) is 32.2 Å². The molecule has 0 fully saturated rings. The van der Waals surface area contributed by atoms with Crippen molar-refractivity contribution in [2.45, 2.75) is 43.0 Å². The van der Waals surface area contributed by atoms with Gasteiger partial charge in [-0.3, -0.25) is 10.2 Å². The average molecular weight is 487 g/mol. The van der Waals surface area contributed by atoms with Gasteiger partial charge in [-0.2, -0.15) is 4.72 Å². The van der Waals surface area contributed by atoms with Gasteiger partial charge in [0.15, 0.2) is 5.96 Å². The fourth-order valence-electron chi connectivity index (χ4n) is 3.08. The lowest BCUT2D eigenvalue weighted by atomic mass is 9.78. The lowest BCUT2D eigenvalue weighted by Crippen LogP contribution is -2.40.